The lowest BCUT2D eigenvalue weighted by Gasteiger charge is -2.35. The maximum Gasteiger partial charge on any atom is 0.234 e. The molecule has 1 heterocycles. The van der Waals surface area contributed by atoms with Gasteiger partial charge < -0.3 is 15.3 Å². The summed E-state index contributed by atoms with van der Waals surface area (Å²) in [7, 11) is 0. The quantitative estimate of drug-likeness (QED) is 0.279. The zero-order valence-corrected chi connectivity index (χ0v) is 17.2. The van der Waals surface area contributed by atoms with Gasteiger partial charge in [-0.15, -0.1) is 0 Å². The number of nitrogens with zero attached hydrogens (tertiary/aromatic N) is 4. The molecule has 1 saturated heterocycles. The molecule has 0 aromatic heterocycles. The van der Waals surface area contributed by atoms with Crippen LogP contribution in [-0.2, 0) is 4.79 Å². The van der Waals surface area contributed by atoms with Crippen molar-refractivity contribution in [2.75, 3.05) is 39.3 Å². The fourth-order valence-electron chi connectivity index (χ4n) is 2.75. The molecular weight excluding hydrogens is 342 g/mol. The summed E-state index contributed by atoms with van der Waals surface area (Å²) < 4.78 is 0. The number of rotatable bonds is 9. The number of hydrogen-bond acceptors (Lipinski definition) is 5. The molecule has 152 valence electrons. The highest BCUT2D eigenvalue weighted by molar-refractivity contribution is 6.29. The van der Waals surface area contributed by atoms with Gasteiger partial charge in [0.2, 0.25) is 5.91 Å². The SMILES string of the molecule is C=C(O)/C=C\CC(C)N=CC(=NCC)N1CCN(CC(=O)NC(C)C)CC1. The lowest BCUT2D eigenvalue weighted by Crippen LogP contribution is -2.52. The van der Waals surface area contributed by atoms with Gasteiger partial charge in [-0.05, 0) is 40.2 Å². The minimum Gasteiger partial charge on any atom is -0.509 e. The van der Waals surface area contributed by atoms with Crippen molar-refractivity contribution in [1.29, 1.82) is 0 Å². The molecule has 0 spiro atoms. The van der Waals surface area contributed by atoms with Crippen LogP contribution < -0.4 is 5.32 Å². The summed E-state index contributed by atoms with van der Waals surface area (Å²) in [5, 5.41) is 12.0. The Bertz CT molecular complexity index is 561. The highest BCUT2D eigenvalue weighted by Crippen LogP contribution is 2.04. The smallest absolute Gasteiger partial charge is 0.234 e. The van der Waals surface area contributed by atoms with Crippen molar-refractivity contribution < 1.29 is 9.90 Å². The van der Waals surface area contributed by atoms with Crippen molar-refractivity contribution in [2.45, 2.75) is 46.2 Å². The van der Waals surface area contributed by atoms with Crippen molar-refractivity contribution >= 4 is 18.0 Å². The van der Waals surface area contributed by atoms with Gasteiger partial charge in [0.15, 0.2) is 0 Å². The van der Waals surface area contributed by atoms with E-state index in [0.717, 1.165) is 38.4 Å². The van der Waals surface area contributed by atoms with Crippen LogP contribution in [0.15, 0.2) is 34.5 Å². The van der Waals surface area contributed by atoms with Crippen molar-refractivity contribution in [3.05, 3.63) is 24.5 Å². The molecule has 0 bridgehead atoms. The molecule has 1 atom stereocenters. The van der Waals surface area contributed by atoms with Crippen LogP contribution in [0, 0.1) is 0 Å². The molecular formula is C20H35N5O2. The largest absolute Gasteiger partial charge is 0.509 e. The average Bonchev–Trinajstić information content (AvgIpc) is 2.58. The van der Waals surface area contributed by atoms with E-state index in [9.17, 15) is 4.79 Å². The Hall–Kier alpha value is -2.15. The van der Waals surface area contributed by atoms with Gasteiger partial charge in [-0.25, -0.2) is 0 Å². The van der Waals surface area contributed by atoms with Crippen LogP contribution >= 0.6 is 0 Å². The van der Waals surface area contributed by atoms with Gasteiger partial charge in [-0.1, -0.05) is 12.7 Å². The lowest BCUT2D eigenvalue weighted by molar-refractivity contribution is -0.123. The van der Waals surface area contributed by atoms with E-state index in [4.69, 9.17) is 5.11 Å². The molecule has 1 fully saturated rings. The van der Waals surface area contributed by atoms with Crippen LogP contribution in [0.4, 0.5) is 0 Å². The standard InChI is InChI=1S/C20H35N5O2/c1-6-21-19(14-22-17(4)8-7-9-18(5)26)25-12-10-24(11-13-25)15-20(27)23-16(2)3/h7,9,14,16-17,26H,5-6,8,10-13,15H2,1-4H3,(H,23,27)/b9-7-,21-19?,22-14?. The van der Waals surface area contributed by atoms with Gasteiger partial charge in [-0.2, -0.15) is 0 Å². The minimum atomic E-state index is 0.0550. The highest BCUT2D eigenvalue weighted by atomic mass is 16.3. The van der Waals surface area contributed by atoms with Crippen LogP contribution in [0.25, 0.3) is 0 Å². The zero-order chi connectivity index (χ0) is 20.2. The van der Waals surface area contributed by atoms with Crippen molar-refractivity contribution in [1.82, 2.24) is 15.1 Å². The second kappa shape index (κ2) is 12.3. The molecule has 0 aromatic carbocycles. The molecule has 1 amide bonds. The molecule has 1 rings (SSSR count). The maximum atomic E-state index is 11.9. The predicted octanol–water partition coefficient (Wildman–Crippen LogP) is 2.02. The van der Waals surface area contributed by atoms with E-state index >= 15 is 0 Å². The molecule has 7 nitrogen and oxygen atoms in total. The van der Waals surface area contributed by atoms with Crippen LogP contribution in [0.3, 0.4) is 0 Å². The summed E-state index contributed by atoms with van der Waals surface area (Å²) in [6.07, 6.45) is 6.02. The number of amidine groups is 1. The van der Waals surface area contributed by atoms with E-state index in [0.29, 0.717) is 13.1 Å². The molecule has 2 N–H and O–H groups in total. The first kappa shape index (κ1) is 22.9. The summed E-state index contributed by atoms with van der Waals surface area (Å²) in [5.41, 5.74) is 0. The maximum absolute atomic E-state index is 11.9. The Balaban J connectivity index is 2.53. The number of piperazine rings is 1. The van der Waals surface area contributed by atoms with Crippen LogP contribution in [0.2, 0.25) is 0 Å². The fraction of sp³-hybridized carbons (Fsp3) is 0.650. The Morgan fingerprint density at radius 3 is 2.48 bits per heavy atom. The first-order valence-corrected chi connectivity index (χ1v) is 9.70. The normalized spacial score (nSPS) is 17.8. The molecule has 1 aliphatic heterocycles. The summed E-state index contributed by atoms with van der Waals surface area (Å²) in [4.78, 5) is 25.5. The first-order chi connectivity index (χ1) is 12.8. The molecule has 27 heavy (non-hydrogen) atoms. The minimum absolute atomic E-state index is 0.0550. The lowest BCUT2D eigenvalue weighted by atomic mass is 10.2. The Morgan fingerprint density at radius 1 is 1.26 bits per heavy atom. The van der Waals surface area contributed by atoms with Crippen LogP contribution in [-0.4, -0.2) is 84.2 Å². The van der Waals surface area contributed by atoms with Gasteiger partial charge in [0.25, 0.3) is 0 Å². The second-order valence-corrected chi connectivity index (χ2v) is 7.07. The number of carbonyl (C=O) groups excluding carboxylic acids is 1. The van der Waals surface area contributed by atoms with Gasteiger partial charge in [-0.3, -0.25) is 19.7 Å². The first-order valence-electron chi connectivity index (χ1n) is 9.70. The predicted molar refractivity (Wildman–Crippen MR) is 113 cm³/mol. The zero-order valence-electron chi connectivity index (χ0n) is 17.2. The summed E-state index contributed by atoms with van der Waals surface area (Å²) >= 11 is 0. The average molecular weight is 378 g/mol. The van der Waals surface area contributed by atoms with E-state index in [2.05, 4.69) is 31.7 Å². The molecule has 7 heteroatoms. The van der Waals surface area contributed by atoms with Gasteiger partial charge in [0, 0.05) is 38.8 Å². The number of hydrogen-bond donors (Lipinski definition) is 2. The van der Waals surface area contributed by atoms with Crippen molar-refractivity contribution in [3.63, 3.8) is 0 Å². The number of aliphatic imine (C=N–C) groups is 2. The third-order valence-corrected chi connectivity index (χ3v) is 4.07. The Kier molecular flexibility index (Phi) is 10.4. The fourth-order valence-corrected chi connectivity index (χ4v) is 2.75. The number of carbonyl (C=O) groups is 1. The molecule has 0 saturated carbocycles. The van der Waals surface area contributed by atoms with E-state index in [-0.39, 0.29) is 23.8 Å². The van der Waals surface area contributed by atoms with Gasteiger partial charge in [0.05, 0.1) is 18.8 Å². The topological polar surface area (TPSA) is 80.5 Å². The van der Waals surface area contributed by atoms with E-state index in [1.54, 1.807) is 6.08 Å². The van der Waals surface area contributed by atoms with Crippen molar-refractivity contribution in [3.8, 4) is 0 Å². The summed E-state index contributed by atoms with van der Waals surface area (Å²) in [6.45, 7) is 15.9. The molecule has 0 radical (unpaired) electrons. The molecule has 0 aliphatic carbocycles. The van der Waals surface area contributed by atoms with E-state index < -0.39 is 0 Å². The summed E-state index contributed by atoms with van der Waals surface area (Å²) in [5.74, 6) is 1.03. The van der Waals surface area contributed by atoms with Gasteiger partial charge in [0.1, 0.15) is 11.6 Å². The molecule has 1 aliphatic rings. The van der Waals surface area contributed by atoms with Crippen molar-refractivity contribution in [2.24, 2.45) is 9.98 Å². The van der Waals surface area contributed by atoms with E-state index in [1.165, 1.54) is 0 Å². The highest BCUT2D eigenvalue weighted by Gasteiger charge is 2.20. The number of aliphatic hydroxyl groups is 1. The summed E-state index contributed by atoms with van der Waals surface area (Å²) in [6, 6.07) is 0.272. The third-order valence-electron chi connectivity index (χ3n) is 4.07. The van der Waals surface area contributed by atoms with Crippen LogP contribution in [0.5, 0.6) is 0 Å². The number of allylic oxidation sites excluding steroid dienone is 1. The van der Waals surface area contributed by atoms with Gasteiger partial charge >= 0.3 is 0 Å². The molecule has 1 unspecified atom stereocenters. The number of aliphatic hydroxyl groups excluding tert-OH is 1. The number of amides is 1. The molecule has 0 aromatic rings. The second-order valence-electron chi connectivity index (χ2n) is 7.07. The monoisotopic (exact) mass is 377 g/mol. The third kappa shape index (κ3) is 9.94. The Morgan fingerprint density at radius 2 is 1.93 bits per heavy atom. The van der Waals surface area contributed by atoms with Crippen LogP contribution in [0.1, 0.15) is 34.1 Å². The Labute approximate surface area is 163 Å². The van der Waals surface area contributed by atoms with E-state index in [1.807, 2.05) is 40.0 Å². The number of nitrogens with one attached hydrogen (secondary N) is 1.